The molecule has 0 unspecified atom stereocenters. The minimum Gasteiger partial charge on any atom is -0.496 e. The molecule has 0 aliphatic rings. The Morgan fingerprint density at radius 2 is 1.97 bits per heavy atom. The summed E-state index contributed by atoms with van der Waals surface area (Å²) >= 11 is 12.2. The third kappa shape index (κ3) is 4.36. The lowest BCUT2D eigenvalue weighted by Crippen LogP contribution is -2.21. The summed E-state index contributed by atoms with van der Waals surface area (Å²) in [5, 5.41) is 20.1. The minimum absolute atomic E-state index is 0.0433. The highest BCUT2D eigenvalue weighted by molar-refractivity contribution is 6.42. The molecule has 0 aliphatic heterocycles. The number of amides is 1. The number of nitrogens with one attached hydrogen (secondary N) is 1. The van der Waals surface area contributed by atoms with Gasteiger partial charge in [0.25, 0.3) is 5.91 Å². The molecular formula is C20H16Cl2N8O3. The van der Waals surface area contributed by atoms with E-state index in [1.165, 1.54) is 4.68 Å². The molecule has 0 bridgehead atoms. The maximum absolute atomic E-state index is 13.0. The number of nitrogen functional groups attached to an aromatic ring is 1. The van der Waals surface area contributed by atoms with E-state index in [1.54, 1.807) is 38.3 Å². The maximum atomic E-state index is 13.0. The first-order valence-corrected chi connectivity index (χ1v) is 10.1. The lowest BCUT2D eigenvalue weighted by atomic mass is 10.1. The number of nitrogens with two attached hydrogens (primary N) is 1. The van der Waals surface area contributed by atoms with Crippen molar-refractivity contribution in [3.05, 3.63) is 63.8 Å². The van der Waals surface area contributed by atoms with Gasteiger partial charge in [0.2, 0.25) is 11.6 Å². The second-order valence-corrected chi connectivity index (χ2v) is 7.45. The molecule has 11 nitrogen and oxygen atoms in total. The van der Waals surface area contributed by atoms with Gasteiger partial charge in [0.15, 0.2) is 5.69 Å². The van der Waals surface area contributed by atoms with E-state index in [2.05, 4.69) is 35.8 Å². The van der Waals surface area contributed by atoms with Gasteiger partial charge in [-0.2, -0.15) is 9.78 Å². The fourth-order valence-electron chi connectivity index (χ4n) is 3.01. The number of ether oxygens (including phenoxy) is 1. The minimum atomic E-state index is -0.633. The van der Waals surface area contributed by atoms with Gasteiger partial charge >= 0.3 is 0 Å². The van der Waals surface area contributed by atoms with Crippen molar-refractivity contribution in [2.45, 2.75) is 6.92 Å². The van der Waals surface area contributed by atoms with Crippen LogP contribution in [-0.4, -0.2) is 44.0 Å². The molecule has 0 aliphatic carbocycles. The van der Waals surface area contributed by atoms with E-state index < -0.39 is 5.91 Å². The van der Waals surface area contributed by atoms with E-state index in [4.69, 9.17) is 33.7 Å². The molecule has 2 aromatic carbocycles. The monoisotopic (exact) mass is 486 g/mol. The molecule has 0 saturated carbocycles. The average Bonchev–Trinajstić information content (AvgIpc) is 3.45. The van der Waals surface area contributed by atoms with Gasteiger partial charge in [0.05, 0.1) is 22.9 Å². The Kier molecular flexibility index (Phi) is 6.24. The van der Waals surface area contributed by atoms with Crippen LogP contribution in [0.2, 0.25) is 10.0 Å². The fourth-order valence-corrected chi connectivity index (χ4v) is 3.31. The fraction of sp³-hybridized carbons (Fsp3) is 0.100. The normalized spacial score (nSPS) is 11.5. The molecule has 0 fully saturated rings. The molecule has 13 heteroatoms. The number of benzene rings is 2. The predicted octanol–water partition coefficient (Wildman–Crippen LogP) is 3.37. The summed E-state index contributed by atoms with van der Waals surface area (Å²) < 4.78 is 11.2. The van der Waals surface area contributed by atoms with Crippen LogP contribution in [0.4, 0.5) is 5.82 Å². The Morgan fingerprint density at radius 3 is 2.67 bits per heavy atom. The number of methoxy groups -OCH3 is 1. The topological polar surface area (TPSA) is 146 Å². The van der Waals surface area contributed by atoms with E-state index in [0.717, 1.165) is 5.56 Å². The first-order valence-electron chi connectivity index (χ1n) is 9.38. The molecule has 168 valence electrons. The summed E-state index contributed by atoms with van der Waals surface area (Å²) in [6.45, 7) is 1.73. The highest BCUT2D eigenvalue weighted by Crippen LogP contribution is 2.31. The maximum Gasteiger partial charge on any atom is 0.294 e. The molecule has 4 aromatic rings. The van der Waals surface area contributed by atoms with Crippen LogP contribution < -0.4 is 15.9 Å². The summed E-state index contributed by atoms with van der Waals surface area (Å²) in [6, 6.07) is 12.1. The molecule has 0 radical (unpaired) electrons. The highest BCUT2D eigenvalue weighted by Gasteiger charge is 2.25. The number of nitrogens with zero attached hydrogens (tertiary/aromatic N) is 6. The Morgan fingerprint density at radius 1 is 1.18 bits per heavy atom. The van der Waals surface area contributed by atoms with Gasteiger partial charge in [-0.15, -0.1) is 5.10 Å². The van der Waals surface area contributed by atoms with Crippen LogP contribution in [0.5, 0.6) is 5.75 Å². The Balaban J connectivity index is 1.74. The molecule has 4 rings (SSSR count). The van der Waals surface area contributed by atoms with E-state index in [0.29, 0.717) is 22.0 Å². The van der Waals surface area contributed by atoms with Crippen molar-refractivity contribution in [2.24, 2.45) is 5.10 Å². The number of hydrogen-bond acceptors (Lipinski definition) is 9. The molecule has 0 spiro atoms. The second kappa shape index (κ2) is 9.27. The van der Waals surface area contributed by atoms with Gasteiger partial charge in [0.1, 0.15) is 11.4 Å². The molecule has 33 heavy (non-hydrogen) atoms. The smallest absolute Gasteiger partial charge is 0.294 e. The molecule has 2 aromatic heterocycles. The summed E-state index contributed by atoms with van der Waals surface area (Å²) in [5.74, 6) is -0.00873. The zero-order valence-electron chi connectivity index (χ0n) is 17.3. The number of anilines is 1. The van der Waals surface area contributed by atoms with Crippen LogP contribution in [0.15, 0.2) is 52.2 Å². The van der Waals surface area contributed by atoms with Crippen LogP contribution in [0.1, 0.15) is 23.0 Å². The quantitative estimate of drug-likeness (QED) is 0.311. The highest BCUT2D eigenvalue weighted by atomic mass is 35.5. The summed E-state index contributed by atoms with van der Waals surface area (Å²) in [6.07, 6.45) is 0. The van der Waals surface area contributed by atoms with Crippen molar-refractivity contribution in [3.63, 3.8) is 0 Å². The van der Waals surface area contributed by atoms with Gasteiger partial charge in [-0.25, -0.2) is 10.1 Å². The van der Waals surface area contributed by atoms with Crippen LogP contribution >= 0.6 is 23.2 Å². The number of carbonyl (C=O) groups excluding carboxylic acids is 1. The molecular weight excluding hydrogens is 471 g/mol. The lowest BCUT2D eigenvalue weighted by molar-refractivity contribution is 0.0950. The van der Waals surface area contributed by atoms with Crippen LogP contribution in [0, 0.1) is 0 Å². The average molecular weight is 487 g/mol. The van der Waals surface area contributed by atoms with Gasteiger partial charge in [-0.3, -0.25) is 4.79 Å². The number of carbonyl (C=O) groups is 1. The van der Waals surface area contributed by atoms with Crippen molar-refractivity contribution in [1.29, 1.82) is 0 Å². The van der Waals surface area contributed by atoms with Crippen molar-refractivity contribution in [1.82, 2.24) is 30.7 Å². The first kappa shape index (κ1) is 22.2. The summed E-state index contributed by atoms with van der Waals surface area (Å²) in [5.41, 5.74) is 10.2. The van der Waals surface area contributed by atoms with Gasteiger partial charge in [-0.05, 0) is 41.5 Å². The number of aromatic nitrogens is 5. The van der Waals surface area contributed by atoms with E-state index in [-0.39, 0.29) is 28.0 Å². The van der Waals surface area contributed by atoms with Crippen molar-refractivity contribution >= 4 is 40.6 Å². The van der Waals surface area contributed by atoms with E-state index >= 15 is 0 Å². The Bertz CT molecular complexity index is 1370. The standard InChI is InChI=1S/C20H16Cl2N8O3/c1-10(12-5-3-4-6-15(12)32-2)24-26-20(31)16-17(11-7-8-13(21)14(22)9-11)30(29-25-16)19-18(23)27-33-28-19/h3-9H,1-2H3,(H2,23,27)(H,26,31)/b24-10-. The largest absolute Gasteiger partial charge is 0.496 e. The molecule has 1 amide bonds. The summed E-state index contributed by atoms with van der Waals surface area (Å²) in [7, 11) is 1.55. The molecule has 0 atom stereocenters. The lowest BCUT2D eigenvalue weighted by Gasteiger charge is -2.09. The molecule has 2 heterocycles. The SMILES string of the molecule is COc1ccccc1/C(C)=N\NC(=O)c1nnn(-c2nonc2N)c1-c1ccc(Cl)c(Cl)c1. The Hall–Kier alpha value is -3.96. The van der Waals surface area contributed by atoms with Gasteiger partial charge in [0, 0.05) is 11.1 Å². The van der Waals surface area contributed by atoms with Crippen LogP contribution in [-0.2, 0) is 0 Å². The van der Waals surface area contributed by atoms with Crippen molar-refractivity contribution in [3.8, 4) is 22.8 Å². The number of para-hydroxylation sites is 1. The molecule has 0 saturated heterocycles. The zero-order chi connectivity index (χ0) is 23.5. The zero-order valence-corrected chi connectivity index (χ0v) is 18.8. The van der Waals surface area contributed by atoms with Gasteiger partial charge < -0.3 is 10.5 Å². The number of hydrogen-bond donors (Lipinski definition) is 2. The van der Waals surface area contributed by atoms with E-state index in [9.17, 15) is 4.79 Å². The van der Waals surface area contributed by atoms with Crippen molar-refractivity contribution in [2.75, 3.05) is 12.8 Å². The number of rotatable bonds is 6. The Labute approximate surface area is 197 Å². The third-order valence-corrected chi connectivity index (χ3v) is 5.34. The third-order valence-electron chi connectivity index (χ3n) is 4.60. The predicted molar refractivity (Wildman–Crippen MR) is 122 cm³/mol. The number of hydrazone groups is 1. The van der Waals surface area contributed by atoms with E-state index in [1.807, 2.05) is 18.2 Å². The summed E-state index contributed by atoms with van der Waals surface area (Å²) in [4.78, 5) is 13.0. The second-order valence-electron chi connectivity index (χ2n) is 6.64. The number of halogens is 2. The van der Waals surface area contributed by atoms with Crippen molar-refractivity contribution < 1.29 is 14.2 Å². The first-order chi connectivity index (χ1) is 15.9. The van der Waals surface area contributed by atoms with Gasteiger partial charge in [-0.1, -0.05) is 46.6 Å². The van der Waals surface area contributed by atoms with Crippen LogP contribution in [0.3, 0.4) is 0 Å². The molecule has 3 N–H and O–H groups in total. The van der Waals surface area contributed by atoms with Crippen LogP contribution in [0.25, 0.3) is 17.1 Å².